The highest BCUT2D eigenvalue weighted by atomic mass is 32.2. The van der Waals surface area contributed by atoms with Gasteiger partial charge in [0.15, 0.2) is 0 Å². The Morgan fingerprint density at radius 3 is 2.26 bits per heavy atom. The van der Waals surface area contributed by atoms with Gasteiger partial charge in [-0.3, -0.25) is 4.79 Å². The van der Waals surface area contributed by atoms with E-state index < -0.39 is 22.2 Å². The number of hydrogen-bond donors (Lipinski definition) is 0. The minimum atomic E-state index is -4.27. The second-order valence-electron chi connectivity index (χ2n) is 7.07. The van der Waals surface area contributed by atoms with Crippen LogP contribution in [-0.4, -0.2) is 51.6 Å². The first-order valence-electron chi connectivity index (χ1n) is 9.72. The summed E-state index contributed by atoms with van der Waals surface area (Å²) in [6.07, 6.45) is -0.393. The molecule has 0 N–H and O–H groups in total. The molecule has 168 valence electrons. The van der Waals surface area contributed by atoms with Crippen molar-refractivity contribution in [2.24, 2.45) is 0 Å². The van der Waals surface area contributed by atoms with Crippen LogP contribution in [0.5, 0.6) is 5.75 Å². The molecule has 0 heterocycles. The first-order valence-corrected chi connectivity index (χ1v) is 11.1. The molecule has 8 nitrogen and oxygen atoms in total. The number of benzene rings is 2. The number of esters is 1. The highest BCUT2D eigenvalue weighted by Gasteiger charge is 2.25. The van der Waals surface area contributed by atoms with Crippen LogP contribution < -0.4 is 4.18 Å². The third kappa shape index (κ3) is 7.08. The molecule has 0 radical (unpaired) electrons. The van der Waals surface area contributed by atoms with Gasteiger partial charge in [-0.25, -0.2) is 4.79 Å². The molecule has 0 saturated carbocycles. The van der Waals surface area contributed by atoms with Crippen molar-refractivity contribution in [3.8, 4) is 5.75 Å². The first-order chi connectivity index (χ1) is 14.6. The maximum absolute atomic E-state index is 12.8. The summed E-state index contributed by atoms with van der Waals surface area (Å²) in [6, 6.07) is 12.1. The van der Waals surface area contributed by atoms with E-state index in [1.165, 1.54) is 37.3 Å². The van der Waals surface area contributed by atoms with Crippen molar-refractivity contribution in [2.45, 2.75) is 38.3 Å². The molecule has 0 unspecified atom stereocenters. The van der Waals surface area contributed by atoms with E-state index >= 15 is 0 Å². The molecule has 1 amide bonds. The van der Waals surface area contributed by atoms with Crippen LogP contribution in [0, 0.1) is 0 Å². The second kappa shape index (κ2) is 10.9. The maximum Gasteiger partial charge on any atom is 0.340 e. The summed E-state index contributed by atoms with van der Waals surface area (Å²) in [5, 5.41) is 0. The Hall–Kier alpha value is -2.91. The minimum Gasteiger partial charge on any atom is -0.459 e. The third-order valence-electron chi connectivity index (χ3n) is 4.23. The molecule has 0 aliphatic rings. The van der Waals surface area contributed by atoms with Gasteiger partial charge in [0.05, 0.1) is 18.3 Å². The zero-order valence-corrected chi connectivity index (χ0v) is 18.8. The lowest BCUT2D eigenvalue weighted by atomic mass is 10.2. The highest BCUT2D eigenvalue weighted by molar-refractivity contribution is 7.87. The van der Waals surface area contributed by atoms with Gasteiger partial charge < -0.3 is 18.6 Å². The monoisotopic (exact) mass is 449 g/mol. The number of nitrogens with zero attached hydrogens (tertiary/aromatic N) is 1. The zero-order valence-electron chi connectivity index (χ0n) is 18.0. The number of carbonyl (C=O) groups excluding carboxylic acids is 2. The van der Waals surface area contributed by atoms with Crippen LogP contribution in [0.4, 0.5) is 0 Å². The molecule has 2 aromatic carbocycles. The van der Waals surface area contributed by atoms with Crippen LogP contribution in [0.25, 0.3) is 0 Å². The van der Waals surface area contributed by atoms with E-state index in [-0.39, 0.29) is 22.1 Å². The predicted molar refractivity (Wildman–Crippen MR) is 114 cm³/mol. The lowest BCUT2D eigenvalue weighted by Gasteiger charge is -2.20. The molecule has 0 saturated heterocycles. The Morgan fingerprint density at radius 1 is 1.03 bits per heavy atom. The van der Waals surface area contributed by atoms with E-state index in [0.29, 0.717) is 19.7 Å². The molecular weight excluding hydrogens is 422 g/mol. The number of rotatable bonds is 10. The normalized spacial score (nSPS) is 11.3. The Labute approximate surface area is 182 Å². The standard InChI is InChI=1S/C22H27NO7S/c1-16(2)29-22(25)20-7-5-6-8-21(20)31(26,27)30-19-11-9-18(10-12-19)15-23(17(3)24)13-14-28-4/h5-12,16H,13-15H2,1-4H3. The highest BCUT2D eigenvalue weighted by Crippen LogP contribution is 2.23. The van der Waals surface area contributed by atoms with Crippen LogP contribution in [0.1, 0.15) is 36.7 Å². The summed E-state index contributed by atoms with van der Waals surface area (Å²) in [6.45, 7) is 6.04. The number of hydrogen-bond acceptors (Lipinski definition) is 7. The fraction of sp³-hybridized carbons (Fsp3) is 0.364. The van der Waals surface area contributed by atoms with E-state index in [4.69, 9.17) is 13.7 Å². The summed E-state index contributed by atoms with van der Waals surface area (Å²) < 4.78 is 40.9. The average molecular weight is 450 g/mol. The van der Waals surface area contributed by atoms with Gasteiger partial charge in [-0.1, -0.05) is 24.3 Å². The molecule has 0 aromatic heterocycles. The smallest absolute Gasteiger partial charge is 0.340 e. The molecule has 0 spiro atoms. The quantitative estimate of drug-likeness (QED) is 0.406. The summed E-state index contributed by atoms with van der Waals surface area (Å²) in [7, 11) is -2.71. The molecule has 0 bridgehead atoms. The Balaban J connectivity index is 2.18. The Morgan fingerprint density at radius 2 is 1.68 bits per heavy atom. The lowest BCUT2D eigenvalue weighted by Crippen LogP contribution is -2.31. The van der Waals surface area contributed by atoms with Crippen LogP contribution in [-0.2, 0) is 30.9 Å². The van der Waals surface area contributed by atoms with Crippen molar-refractivity contribution in [1.29, 1.82) is 0 Å². The lowest BCUT2D eigenvalue weighted by molar-refractivity contribution is -0.130. The molecule has 2 rings (SSSR count). The number of amides is 1. The first kappa shape index (κ1) is 24.4. The second-order valence-corrected chi connectivity index (χ2v) is 8.58. The summed E-state index contributed by atoms with van der Waals surface area (Å²) >= 11 is 0. The van der Waals surface area contributed by atoms with Crippen molar-refractivity contribution in [1.82, 2.24) is 4.90 Å². The summed E-state index contributed by atoms with van der Waals surface area (Å²) in [4.78, 5) is 25.4. The van der Waals surface area contributed by atoms with Gasteiger partial charge in [0.2, 0.25) is 5.91 Å². The third-order valence-corrected chi connectivity index (χ3v) is 5.54. The van der Waals surface area contributed by atoms with E-state index in [1.54, 1.807) is 44.1 Å². The number of ether oxygens (including phenoxy) is 2. The van der Waals surface area contributed by atoms with E-state index in [0.717, 1.165) is 5.56 Å². The van der Waals surface area contributed by atoms with Gasteiger partial charge in [-0.15, -0.1) is 0 Å². The van der Waals surface area contributed by atoms with Gasteiger partial charge >= 0.3 is 16.1 Å². The topological polar surface area (TPSA) is 99.2 Å². The van der Waals surface area contributed by atoms with E-state index in [1.807, 2.05) is 0 Å². The predicted octanol–water partition coefficient (Wildman–Crippen LogP) is 3.01. The van der Waals surface area contributed by atoms with Crippen molar-refractivity contribution in [2.75, 3.05) is 20.3 Å². The molecular formula is C22H27NO7S. The Bertz CT molecular complexity index is 1000. The van der Waals surface area contributed by atoms with Crippen molar-refractivity contribution < 1.29 is 31.7 Å². The Kier molecular flexibility index (Phi) is 8.58. The molecule has 0 atom stereocenters. The van der Waals surface area contributed by atoms with Gasteiger partial charge in [-0.2, -0.15) is 8.42 Å². The molecule has 0 aliphatic heterocycles. The van der Waals surface area contributed by atoms with Gasteiger partial charge in [-0.05, 0) is 43.7 Å². The fourth-order valence-corrected chi connectivity index (χ4v) is 3.84. The fourth-order valence-electron chi connectivity index (χ4n) is 2.72. The summed E-state index contributed by atoms with van der Waals surface area (Å²) in [5.41, 5.74) is 0.708. The molecule has 9 heteroatoms. The number of methoxy groups -OCH3 is 1. The van der Waals surface area contributed by atoms with E-state index in [2.05, 4.69) is 0 Å². The van der Waals surface area contributed by atoms with Crippen LogP contribution in [0.3, 0.4) is 0 Å². The molecule has 0 fully saturated rings. The maximum atomic E-state index is 12.8. The van der Waals surface area contributed by atoms with Crippen LogP contribution >= 0.6 is 0 Å². The van der Waals surface area contributed by atoms with Gasteiger partial charge in [0.25, 0.3) is 0 Å². The zero-order chi connectivity index (χ0) is 23.0. The number of carbonyl (C=O) groups is 2. The average Bonchev–Trinajstić information content (AvgIpc) is 2.71. The molecule has 31 heavy (non-hydrogen) atoms. The minimum absolute atomic E-state index is 0.0852. The van der Waals surface area contributed by atoms with E-state index in [9.17, 15) is 18.0 Å². The summed E-state index contributed by atoms with van der Waals surface area (Å²) in [5.74, 6) is -0.750. The molecule has 2 aromatic rings. The van der Waals surface area contributed by atoms with Crippen molar-refractivity contribution in [3.63, 3.8) is 0 Å². The van der Waals surface area contributed by atoms with Gasteiger partial charge in [0, 0.05) is 27.1 Å². The van der Waals surface area contributed by atoms with Gasteiger partial charge in [0.1, 0.15) is 10.6 Å². The SMILES string of the molecule is COCCN(Cc1ccc(OS(=O)(=O)c2ccccc2C(=O)OC(C)C)cc1)C(C)=O. The van der Waals surface area contributed by atoms with Crippen LogP contribution in [0.2, 0.25) is 0 Å². The van der Waals surface area contributed by atoms with Crippen LogP contribution in [0.15, 0.2) is 53.4 Å². The molecule has 0 aliphatic carbocycles. The van der Waals surface area contributed by atoms with Crippen molar-refractivity contribution in [3.05, 3.63) is 59.7 Å². The largest absolute Gasteiger partial charge is 0.459 e. The van der Waals surface area contributed by atoms with Crippen molar-refractivity contribution >= 4 is 22.0 Å².